The monoisotopic (exact) mass is 494 g/mol. The van der Waals surface area contributed by atoms with Crippen molar-refractivity contribution >= 4 is 23.0 Å². The molecular weight excluding hydrogens is 461 g/mol. The van der Waals surface area contributed by atoms with E-state index in [0.29, 0.717) is 25.2 Å². The van der Waals surface area contributed by atoms with Gasteiger partial charge in [0.25, 0.3) is 0 Å². The molecule has 4 rings (SSSR count). The van der Waals surface area contributed by atoms with Gasteiger partial charge in [-0.2, -0.15) is 13.2 Å². The van der Waals surface area contributed by atoms with Gasteiger partial charge >= 0.3 is 6.18 Å². The van der Waals surface area contributed by atoms with Crippen molar-refractivity contribution in [3.8, 4) is 0 Å². The number of hydrogen-bond acceptors (Lipinski definition) is 4. The highest BCUT2D eigenvalue weighted by Crippen LogP contribution is 2.35. The van der Waals surface area contributed by atoms with Gasteiger partial charge in [0.2, 0.25) is 0 Å². The van der Waals surface area contributed by atoms with Gasteiger partial charge in [0.15, 0.2) is 0 Å². The Kier molecular flexibility index (Phi) is 7.95. The summed E-state index contributed by atoms with van der Waals surface area (Å²) in [6.07, 6.45) is -3.33. The number of aryl methyl sites for hydroxylation is 1. The predicted octanol–water partition coefficient (Wildman–Crippen LogP) is 5.52. The van der Waals surface area contributed by atoms with Gasteiger partial charge in [0.1, 0.15) is 0 Å². The zero-order chi connectivity index (χ0) is 24.3. The molecule has 34 heavy (non-hydrogen) atoms. The van der Waals surface area contributed by atoms with Crippen LogP contribution in [0.4, 0.5) is 24.5 Å². The molecule has 0 amide bonds. The molecule has 2 aromatic carbocycles. The van der Waals surface area contributed by atoms with Gasteiger partial charge < -0.3 is 14.7 Å². The summed E-state index contributed by atoms with van der Waals surface area (Å²) in [4.78, 5) is 9.01. The Morgan fingerprint density at radius 1 is 0.794 bits per heavy atom. The number of likely N-dealkylation sites (N-methyl/N-ethyl adjacent to an activating group) is 1. The standard InChI is InChI=1S/C26H34ClF3N4/c1-3-31-9-4-10-33(14-11-31)22-7-8-24(26(28,29)30)21(17-22)19-32-12-15-34(16-13-32)23-6-5-20(2)25(27)18-23/h5-8,17-18H,3-4,9-16,19H2,1-2H3. The van der Waals surface area contributed by atoms with Crippen molar-refractivity contribution in [2.45, 2.75) is 33.0 Å². The Hall–Kier alpha value is -1.96. The normalized spacial score (nSPS) is 18.9. The van der Waals surface area contributed by atoms with Crippen LogP contribution in [0.25, 0.3) is 0 Å². The van der Waals surface area contributed by atoms with Crippen LogP contribution >= 0.6 is 11.6 Å². The number of halogens is 4. The fourth-order valence-electron chi connectivity index (χ4n) is 4.91. The van der Waals surface area contributed by atoms with Crippen LogP contribution in [0.2, 0.25) is 5.02 Å². The minimum absolute atomic E-state index is 0.306. The molecule has 0 aliphatic carbocycles. The van der Waals surface area contributed by atoms with E-state index < -0.39 is 11.7 Å². The summed E-state index contributed by atoms with van der Waals surface area (Å²) in [5, 5.41) is 0.738. The van der Waals surface area contributed by atoms with Gasteiger partial charge in [-0.1, -0.05) is 24.6 Å². The molecule has 0 spiro atoms. The number of rotatable bonds is 5. The first kappa shape index (κ1) is 25.1. The molecule has 0 aromatic heterocycles. The Labute approximate surface area is 205 Å². The average molecular weight is 495 g/mol. The maximum absolute atomic E-state index is 13.8. The lowest BCUT2D eigenvalue weighted by atomic mass is 10.0. The minimum atomic E-state index is -4.36. The Morgan fingerprint density at radius 3 is 2.06 bits per heavy atom. The molecule has 0 N–H and O–H groups in total. The van der Waals surface area contributed by atoms with Crippen LogP contribution in [0.15, 0.2) is 36.4 Å². The summed E-state index contributed by atoms with van der Waals surface area (Å²) < 4.78 is 41.5. The number of nitrogens with zero attached hydrogens (tertiary/aromatic N) is 4. The van der Waals surface area contributed by atoms with Crippen LogP contribution in [0.1, 0.15) is 30.0 Å². The summed E-state index contributed by atoms with van der Waals surface area (Å²) in [5.41, 5.74) is 2.85. The Balaban J connectivity index is 1.47. The molecule has 0 atom stereocenters. The molecule has 186 valence electrons. The molecule has 2 heterocycles. The lowest BCUT2D eigenvalue weighted by Gasteiger charge is -2.36. The van der Waals surface area contributed by atoms with Gasteiger partial charge in [-0.05, 0) is 67.9 Å². The largest absolute Gasteiger partial charge is 0.416 e. The first-order valence-electron chi connectivity index (χ1n) is 12.2. The SMILES string of the molecule is CCN1CCCN(c2ccc(C(F)(F)F)c(CN3CCN(c4ccc(C)c(Cl)c4)CC3)c2)CC1. The number of piperazine rings is 1. The summed E-state index contributed by atoms with van der Waals surface area (Å²) in [7, 11) is 0. The van der Waals surface area contributed by atoms with E-state index in [0.717, 1.165) is 74.2 Å². The summed E-state index contributed by atoms with van der Waals surface area (Å²) in [5.74, 6) is 0. The summed E-state index contributed by atoms with van der Waals surface area (Å²) in [6.45, 7) is 12.1. The van der Waals surface area contributed by atoms with E-state index in [-0.39, 0.29) is 0 Å². The molecule has 0 saturated carbocycles. The van der Waals surface area contributed by atoms with Crippen molar-refractivity contribution in [3.63, 3.8) is 0 Å². The van der Waals surface area contributed by atoms with Crippen molar-refractivity contribution in [3.05, 3.63) is 58.1 Å². The molecular formula is C26H34ClF3N4. The number of alkyl halides is 3. The fraction of sp³-hybridized carbons (Fsp3) is 0.538. The van der Waals surface area contributed by atoms with Crippen LogP contribution in [-0.2, 0) is 12.7 Å². The van der Waals surface area contributed by atoms with Gasteiger partial charge in [-0.15, -0.1) is 0 Å². The van der Waals surface area contributed by atoms with Crippen LogP contribution in [0, 0.1) is 6.92 Å². The summed E-state index contributed by atoms with van der Waals surface area (Å²) >= 11 is 6.28. The topological polar surface area (TPSA) is 13.0 Å². The van der Waals surface area contributed by atoms with Crippen molar-refractivity contribution in [2.75, 3.05) is 68.7 Å². The number of hydrogen-bond donors (Lipinski definition) is 0. The Morgan fingerprint density at radius 2 is 1.41 bits per heavy atom. The molecule has 8 heteroatoms. The van der Waals surface area contributed by atoms with Gasteiger partial charge in [0, 0.05) is 68.8 Å². The first-order chi connectivity index (χ1) is 16.2. The van der Waals surface area contributed by atoms with Crippen LogP contribution in [-0.4, -0.2) is 68.7 Å². The maximum atomic E-state index is 13.8. The molecule has 0 radical (unpaired) electrons. The van der Waals surface area contributed by atoms with Crippen molar-refractivity contribution in [1.29, 1.82) is 0 Å². The van der Waals surface area contributed by atoms with Crippen molar-refractivity contribution < 1.29 is 13.2 Å². The van der Waals surface area contributed by atoms with Gasteiger partial charge in [0.05, 0.1) is 5.56 Å². The predicted molar refractivity (Wildman–Crippen MR) is 134 cm³/mol. The quantitative estimate of drug-likeness (QED) is 0.542. The molecule has 2 aliphatic rings. The van der Waals surface area contributed by atoms with E-state index >= 15 is 0 Å². The third kappa shape index (κ3) is 5.99. The first-order valence-corrected chi connectivity index (χ1v) is 12.5. The zero-order valence-corrected chi connectivity index (χ0v) is 20.8. The highest BCUT2D eigenvalue weighted by Gasteiger charge is 2.34. The average Bonchev–Trinajstić information content (AvgIpc) is 3.06. The van der Waals surface area contributed by atoms with Crippen molar-refractivity contribution in [2.24, 2.45) is 0 Å². The smallest absolute Gasteiger partial charge is 0.370 e. The molecule has 2 aromatic rings. The maximum Gasteiger partial charge on any atom is 0.416 e. The molecule has 0 bridgehead atoms. The molecule has 2 aliphatic heterocycles. The van der Waals surface area contributed by atoms with E-state index in [4.69, 9.17) is 11.6 Å². The van der Waals surface area contributed by atoms with Gasteiger partial charge in [-0.25, -0.2) is 0 Å². The van der Waals surface area contributed by atoms with E-state index in [9.17, 15) is 13.2 Å². The van der Waals surface area contributed by atoms with Crippen LogP contribution in [0.5, 0.6) is 0 Å². The molecule has 0 unspecified atom stereocenters. The second kappa shape index (κ2) is 10.8. The third-order valence-corrected chi connectivity index (χ3v) is 7.49. The lowest BCUT2D eigenvalue weighted by molar-refractivity contribution is -0.138. The van der Waals surface area contributed by atoms with Crippen LogP contribution < -0.4 is 9.80 Å². The summed E-state index contributed by atoms with van der Waals surface area (Å²) in [6, 6.07) is 10.7. The van der Waals surface area contributed by atoms with E-state index in [2.05, 4.69) is 32.6 Å². The van der Waals surface area contributed by atoms with Crippen LogP contribution in [0.3, 0.4) is 0 Å². The molecule has 4 nitrogen and oxygen atoms in total. The highest BCUT2D eigenvalue weighted by atomic mass is 35.5. The Bertz CT molecular complexity index is 973. The number of benzene rings is 2. The lowest BCUT2D eigenvalue weighted by Crippen LogP contribution is -2.46. The molecule has 2 saturated heterocycles. The number of anilines is 2. The second-order valence-corrected chi connectivity index (χ2v) is 9.72. The van der Waals surface area contributed by atoms with Gasteiger partial charge in [-0.3, -0.25) is 4.90 Å². The van der Waals surface area contributed by atoms with E-state index in [1.54, 1.807) is 12.1 Å². The third-order valence-electron chi connectivity index (χ3n) is 7.08. The fourth-order valence-corrected chi connectivity index (χ4v) is 5.09. The van der Waals surface area contributed by atoms with E-state index in [1.165, 1.54) is 6.07 Å². The zero-order valence-electron chi connectivity index (χ0n) is 20.0. The van der Waals surface area contributed by atoms with Crippen molar-refractivity contribution in [1.82, 2.24) is 9.80 Å². The second-order valence-electron chi connectivity index (χ2n) is 9.31. The van der Waals surface area contributed by atoms with E-state index in [1.807, 2.05) is 19.1 Å². The molecule has 2 fully saturated rings. The minimum Gasteiger partial charge on any atom is -0.370 e. The highest BCUT2D eigenvalue weighted by molar-refractivity contribution is 6.31.